The van der Waals surface area contributed by atoms with Gasteiger partial charge in [-0.2, -0.15) is 0 Å². The molecule has 0 aromatic heterocycles. The monoisotopic (exact) mass is 438 g/mol. The first-order valence-electron chi connectivity index (χ1n) is 10.5. The number of ether oxygens (including phenoxy) is 1. The Morgan fingerprint density at radius 1 is 0.515 bits per heavy atom. The molecule has 0 aliphatic carbocycles. The van der Waals surface area contributed by atoms with E-state index in [2.05, 4.69) is 0 Å². The Morgan fingerprint density at radius 2 is 0.848 bits per heavy atom. The summed E-state index contributed by atoms with van der Waals surface area (Å²) in [6, 6.07) is 30.3. The fourth-order valence-electron chi connectivity index (χ4n) is 3.50. The van der Waals surface area contributed by atoms with Gasteiger partial charge in [0.2, 0.25) is 0 Å². The molecule has 2 unspecified atom stereocenters. The fraction of sp³-hybridized carbons (Fsp3) is 0.0714. The number of Topliss-reactive ketones (excluding diaryl/α,β-unsaturated/α-hetero) is 2. The SMILES string of the molecule is O=C(c1ccccc1Oc1ccccc1C(=O)C(O)c1ccccc1)C(O)c1ccccc1. The summed E-state index contributed by atoms with van der Waals surface area (Å²) in [6.45, 7) is 0. The van der Waals surface area contributed by atoms with Crippen LogP contribution in [0.4, 0.5) is 0 Å². The number of aliphatic hydroxyl groups excluding tert-OH is 2. The van der Waals surface area contributed by atoms with E-state index in [4.69, 9.17) is 4.74 Å². The predicted molar refractivity (Wildman–Crippen MR) is 124 cm³/mol. The minimum atomic E-state index is -1.35. The molecule has 0 aliphatic heterocycles. The number of hydrogen-bond acceptors (Lipinski definition) is 5. The maximum absolute atomic E-state index is 13.0. The molecule has 0 amide bonds. The Labute approximate surface area is 191 Å². The van der Waals surface area contributed by atoms with E-state index in [1.165, 1.54) is 0 Å². The van der Waals surface area contributed by atoms with Crippen molar-refractivity contribution >= 4 is 11.6 Å². The highest BCUT2D eigenvalue weighted by atomic mass is 16.5. The zero-order valence-corrected chi connectivity index (χ0v) is 17.7. The topological polar surface area (TPSA) is 83.8 Å². The molecule has 164 valence electrons. The predicted octanol–water partition coefficient (Wildman–Crippen LogP) is 5.31. The molecule has 0 bridgehead atoms. The first kappa shape index (κ1) is 22.1. The van der Waals surface area contributed by atoms with Crippen LogP contribution in [0.5, 0.6) is 11.5 Å². The van der Waals surface area contributed by atoms with Crippen LogP contribution in [0, 0.1) is 0 Å². The van der Waals surface area contributed by atoms with Crippen LogP contribution in [0.3, 0.4) is 0 Å². The van der Waals surface area contributed by atoms with E-state index >= 15 is 0 Å². The second-order valence-corrected chi connectivity index (χ2v) is 7.45. The summed E-state index contributed by atoms with van der Waals surface area (Å²) in [5, 5.41) is 21.2. The maximum atomic E-state index is 13.0. The van der Waals surface area contributed by atoms with Crippen molar-refractivity contribution < 1.29 is 24.5 Å². The zero-order chi connectivity index (χ0) is 23.2. The third-order valence-electron chi connectivity index (χ3n) is 5.25. The van der Waals surface area contributed by atoms with E-state index in [0.717, 1.165) is 0 Å². The lowest BCUT2D eigenvalue weighted by Crippen LogP contribution is -2.15. The van der Waals surface area contributed by atoms with Gasteiger partial charge in [0.05, 0.1) is 11.1 Å². The molecule has 0 spiro atoms. The summed E-state index contributed by atoms with van der Waals surface area (Å²) in [5.41, 5.74) is 1.30. The van der Waals surface area contributed by atoms with Gasteiger partial charge in [-0.25, -0.2) is 0 Å². The van der Waals surface area contributed by atoms with Crippen LogP contribution in [0.1, 0.15) is 44.1 Å². The van der Waals surface area contributed by atoms with E-state index in [9.17, 15) is 19.8 Å². The van der Waals surface area contributed by atoms with E-state index in [0.29, 0.717) is 11.1 Å². The van der Waals surface area contributed by atoms with Gasteiger partial charge in [-0.15, -0.1) is 0 Å². The minimum absolute atomic E-state index is 0.180. The molecule has 4 aromatic carbocycles. The Bertz CT molecular complexity index is 1150. The van der Waals surface area contributed by atoms with Crippen molar-refractivity contribution in [3.63, 3.8) is 0 Å². The molecule has 0 fully saturated rings. The summed E-state index contributed by atoms with van der Waals surface area (Å²) in [7, 11) is 0. The molecular weight excluding hydrogens is 416 g/mol. The van der Waals surface area contributed by atoms with E-state index < -0.39 is 23.8 Å². The highest BCUT2D eigenvalue weighted by molar-refractivity contribution is 6.03. The number of rotatable bonds is 8. The number of carbonyl (C=O) groups excluding carboxylic acids is 2. The molecule has 0 aliphatic rings. The quantitative estimate of drug-likeness (QED) is 0.364. The molecule has 2 N–H and O–H groups in total. The lowest BCUT2D eigenvalue weighted by atomic mass is 9.98. The summed E-state index contributed by atoms with van der Waals surface area (Å²) in [5.74, 6) is -0.645. The highest BCUT2D eigenvalue weighted by Crippen LogP contribution is 2.32. The van der Waals surface area contributed by atoms with E-state index in [1.807, 2.05) is 0 Å². The van der Waals surface area contributed by atoms with Gasteiger partial charge in [-0.1, -0.05) is 84.9 Å². The smallest absolute Gasteiger partial charge is 0.199 e. The van der Waals surface area contributed by atoms with Gasteiger partial charge < -0.3 is 14.9 Å². The number of ketones is 2. The maximum Gasteiger partial charge on any atom is 0.199 e. The fourth-order valence-corrected chi connectivity index (χ4v) is 3.50. The van der Waals surface area contributed by atoms with Gasteiger partial charge in [-0.05, 0) is 35.4 Å². The van der Waals surface area contributed by atoms with Crippen LogP contribution >= 0.6 is 0 Å². The highest BCUT2D eigenvalue weighted by Gasteiger charge is 2.25. The Kier molecular flexibility index (Phi) is 6.74. The van der Waals surface area contributed by atoms with Gasteiger partial charge >= 0.3 is 0 Å². The summed E-state index contributed by atoms with van der Waals surface area (Å²) in [6.07, 6.45) is -2.71. The Morgan fingerprint density at radius 3 is 1.24 bits per heavy atom. The summed E-state index contributed by atoms with van der Waals surface area (Å²) < 4.78 is 5.99. The minimum Gasteiger partial charge on any atom is -0.456 e. The number of para-hydroxylation sites is 2. The van der Waals surface area contributed by atoms with Crippen molar-refractivity contribution in [3.8, 4) is 11.5 Å². The molecule has 4 rings (SSSR count). The zero-order valence-electron chi connectivity index (χ0n) is 17.7. The molecule has 0 saturated heterocycles. The lowest BCUT2D eigenvalue weighted by molar-refractivity contribution is 0.0744. The van der Waals surface area contributed by atoms with Gasteiger partial charge in [0.15, 0.2) is 11.6 Å². The van der Waals surface area contributed by atoms with Crippen molar-refractivity contribution in [1.82, 2.24) is 0 Å². The van der Waals surface area contributed by atoms with Crippen LogP contribution in [-0.4, -0.2) is 21.8 Å². The van der Waals surface area contributed by atoms with Crippen LogP contribution < -0.4 is 4.74 Å². The molecule has 2 atom stereocenters. The summed E-state index contributed by atoms with van der Waals surface area (Å²) >= 11 is 0. The lowest BCUT2D eigenvalue weighted by Gasteiger charge is -2.17. The molecule has 0 saturated carbocycles. The van der Waals surface area contributed by atoms with Crippen LogP contribution in [0.2, 0.25) is 0 Å². The van der Waals surface area contributed by atoms with Crippen molar-refractivity contribution in [2.75, 3.05) is 0 Å². The number of carbonyl (C=O) groups is 2. The van der Waals surface area contributed by atoms with Crippen molar-refractivity contribution in [2.45, 2.75) is 12.2 Å². The van der Waals surface area contributed by atoms with Gasteiger partial charge in [0.1, 0.15) is 23.7 Å². The first-order chi connectivity index (χ1) is 16.1. The van der Waals surface area contributed by atoms with Crippen LogP contribution in [0.15, 0.2) is 109 Å². The largest absolute Gasteiger partial charge is 0.456 e. The van der Waals surface area contributed by atoms with Crippen LogP contribution in [0.25, 0.3) is 0 Å². The third kappa shape index (κ3) is 4.90. The number of benzene rings is 4. The molecule has 0 radical (unpaired) electrons. The average Bonchev–Trinajstić information content (AvgIpc) is 2.88. The summed E-state index contributed by atoms with van der Waals surface area (Å²) in [4.78, 5) is 26.1. The molecule has 5 heteroatoms. The second-order valence-electron chi connectivity index (χ2n) is 7.45. The molecule has 33 heavy (non-hydrogen) atoms. The normalized spacial score (nSPS) is 12.5. The average molecular weight is 438 g/mol. The Balaban J connectivity index is 1.64. The molecule has 5 nitrogen and oxygen atoms in total. The van der Waals surface area contributed by atoms with Crippen LogP contribution in [-0.2, 0) is 0 Å². The molecular formula is C28H22O5. The van der Waals surface area contributed by atoms with Gasteiger partial charge in [0.25, 0.3) is 0 Å². The molecule has 4 aromatic rings. The Hall–Kier alpha value is -4.06. The number of aliphatic hydroxyl groups is 2. The number of hydrogen-bond donors (Lipinski definition) is 2. The van der Waals surface area contributed by atoms with Crippen molar-refractivity contribution in [2.24, 2.45) is 0 Å². The third-order valence-corrected chi connectivity index (χ3v) is 5.25. The van der Waals surface area contributed by atoms with Crippen molar-refractivity contribution in [1.29, 1.82) is 0 Å². The van der Waals surface area contributed by atoms with Crippen molar-refractivity contribution in [3.05, 3.63) is 131 Å². The second kappa shape index (κ2) is 10.0. The molecule has 0 heterocycles. The standard InChI is InChI=1S/C28H22O5/c29-25(19-11-3-1-4-12-19)27(31)21-15-7-9-17-23(21)33-24-18-10-8-16-22(24)28(32)26(30)20-13-5-2-6-14-20/h1-18,25-26,29-30H. The van der Waals surface area contributed by atoms with E-state index in [1.54, 1.807) is 109 Å². The van der Waals surface area contributed by atoms with Gasteiger partial charge in [0, 0.05) is 0 Å². The first-order valence-corrected chi connectivity index (χ1v) is 10.5. The van der Waals surface area contributed by atoms with E-state index in [-0.39, 0.29) is 22.6 Å². The van der Waals surface area contributed by atoms with Gasteiger partial charge in [-0.3, -0.25) is 9.59 Å².